The van der Waals surface area contributed by atoms with Crippen molar-refractivity contribution in [1.29, 1.82) is 0 Å². The third-order valence-corrected chi connectivity index (χ3v) is 2.38. The Balaban J connectivity index is 5.17. The summed E-state index contributed by atoms with van der Waals surface area (Å²) in [6.07, 6.45) is -0.892. The fourth-order valence-corrected chi connectivity index (χ4v) is 1.67. The Labute approximate surface area is 103 Å². The minimum atomic E-state index is -1.03. The van der Waals surface area contributed by atoms with Gasteiger partial charge in [-0.15, -0.1) is 23.2 Å². The zero-order valence-electron chi connectivity index (χ0n) is 8.42. The molecular formula is C8H11Cl3O4. The first-order valence-corrected chi connectivity index (χ1v) is 5.06. The fraction of sp³-hybridized carbons (Fsp3) is 0.625. The van der Waals surface area contributed by atoms with Gasteiger partial charge in [0, 0.05) is 19.8 Å². The van der Waals surface area contributed by atoms with E-state index in [0.717, 1.165) is 0 Å². The van der Waals surface area contributed by atoms with E-state index in [1.54, 1.807) is 0 Å². The summed E-state index contributed by atoms with van der Waals surface area (Å²) < 4.78 is 14.2. The Bertz CT molecular complexity index is 248. The van der Waals surface area contributed by atoms with Crippen LogP contribution in [0, 0.1) is 0 Å². The first-order chi connectivity index (χ1) is 6.99. The molecule has 0 aliphatic carbocycles. The number of rotatable bonds is 5. The van der Waals surface area contributed by atoms with Gasteiger partial charge in [0.1, 0.15) is 9.87 Å². The van der Waals surface area contributed by atoms with Gasteiger partial charge in [0.2, 0.25) is 0 Å². The van der Waals surface area contributed by atoms with Gasteiger partial charge in [-0.05, 0) is 0 Å². The van der Waals surface area contributed by atoms with Crippen molar-refractivity contribution in [2.45, 2.75) is 11.1 Å². The highest BCUT2D eigenvalue weighted by Crippen LogP contribution is 2.26. The second kappa shape index (κ2) is 7.30. The molecule has 7 heteroatoms. The van der Waals surface area contributed by atoms with E-state index in [2.05, 4.69) is 4.74 Å². The average Bonchev–Trinajstić information content (AvgIpc) is 2.22. The van der Waals surface area contributed by atoms with Crippen LogP contribution in [0.4, 0.5) is 0 Å². The van der Waals surface area contributed by atoms with Gasteiger partial charge in [-0.2, -0.15) is 0 Å². The van der Waals surface area contributed by atoms with E-state index in [0.29, 0.717) is 0 Å². The predicted molar refractivity (Wildman–Crippen MR) is 58.2 cm³/mol. The summed E-state index contributed by atoms with van der Waals surface area (Å²) in [6.45, 7) is 0. The molecule has 4 nitrogen and oxygen atoms in total. The second-order valence-corrected chi connectivity index (χ2v) is 3.84. The van der Waals surface area contributed by atoms with Crippen molar-refractivity contribution in [3.8, 4) is 0 Å². The quantitative estimate of drug-likeness (QED) is 0.334. The van der Waals surface area contributed by atoms with E-state index in [1.807, 2.05) is 0 Å². The average molecular weight is 278 g/mol. The van der Waals surface area contributed by atoms with Crippen LogP contribution in [0.2, 0.25) is 0 Å². The third kappa shape index (κ3) is 4.17. The van der Waals surface area contributed by atoms with Gasteiger partial charge in [-0.1, -0.05) is 11.6 Å². The van der Waals surface area contributed by atoms with Crippen molar-refractivity contribution < 1.29 is 19.0 Å². The number of methoxy groups -OCH3 is 3. The number of carbonyl (C=O) groups excluding carboxylic acids is 1. The maximum atomic E-state index is 11.2. The summed E-state index contributed by atoms with van der Waals surface area (Å²) >= 11 is 17.0. The van der Waals surface area contributed by atoms with Crippen molar-refractivity contribution >= 4 is 40.8 Å². The van der Waals surface area contributed by atoms with Crippen LogP contribution in [-0.4, -0.2) is 38.4 Å². The largest absolute Gasteiger partial charge is 0.465 e. The van der Waals surface area contributed by atoms with Crippen molar-refractivity contribution in [2.24, 2.45) is 0 Å². The Morgan fingerprint density at radius 3 is 1.87 bits per heavy atom. The molecule has 0 aromatic rings. The van der Waals surface area contributed by atoms with Crippen LogP contribution >= 0.6 is 34.8 Å². The molecule has 88 valence electrons. The van der Waals surface area contributed by atoms with Gasteiger partial charge in [0.05, 0.1) is 7.11 Å². The molecule has 0 aliphatic heterocycles. The molecule has 0 saturated heterocycles. The maximum Gasteiger partial charge on any atom is 0.349 e. The Morgan fingerprint density at radius 1 is 1.13 bits per heavy atom. The highest BCUT2D eigenvalue weighted by atomic mass is 35.5. The lowest BCUT2D eigenvalue weighted by atomic mass is 10.2. The number of ether oxygens (including phenoxy) is 3. The molecule has 0 radical (unpaired) electrons. The Morgan fingerprint density at radius 2 is 1.60 bits per heavy atom. The monoisotopic (exact) mass is 276 g/mol. The highest BCUT2D eigenvalue weighted by molar-refractivity contribution is 6.49. The lowest BCUT2D eigenvalue weighted by molar-refractivity contribution is -0.135. The second-order valence-electron chi connectivity index (χ2n) is 2.36. The van der Waals surface area contributed by atoms with Gasteiger partial charge in [0.25, 0.3) is 0 Å². The van der Waals surface area contributed by atoms with Gasteiger partial charge >= 0.3 is 5.97 Å². The summed E-state index contributed by atoms with van der Waals surface area (Å²) in [5.74, 6) is -0.753. The number of hydrogen-bond acceptors (Lipinski definition) is 4. The van der Waals surface area contributed by atoms with Crippen LogP contribution in [0.3, 0.4) is 0 Å². The first-order valence-electron chi connectivity index (χ1n) is 3.81. The van der Waals surface area contributed by atoms with Gasteiger partial charge in [-0.3, -0.25) is 0 Å². The van der Waals surface area contributed by atoms with E-state index >= 15 is 0 Å². The molecule has 0 aromatic carbocycles. The van der Waals surface area contributed by atoms with Crippen molar-refractivity contribution in [3.63, 3.8) is 0 Å². The van der Waals surface area contributed by atoms with E-state index < -0.39 is 17.1 Å². The molecule has 0 aromatic heterocycles. The zero-order chi connectivity index (χ0) is 12.0. The molecule has 15 heavy (non-hydrogen) atoms. The topological polar surface area (TPSA) is 44.8 Å². The number of esters is 1. The lowest BCUT2D eigenvalue weighted by Crippen LogP contribution is -2.23. The van der Waals surface area contributed by atoms with Crippen LogP contribution in [0.1, 0.15) is 0 Å². The van der Waals surface area contributed by atoms with Crippen LogP contribution in [-0.2, 0) is 19.0 Å². The van der Waals surface area contributed by atoms with Crippen molar-refractivity contribution in [1.82, 2.24) is 0 Å². The standard InChI is InChI=1S/C8H11Cl3O4/c1-13-7(12)5(9)4(6(10)11)8(14-2)15-3/h6,8H,1-3H3/b5-4-. The van der Waals surface area contributed by atoms with Crippen LogP contribution < -0.4 is 0 Å². The number of alkyl halides is 2. The van der Waals surface area contributed by atoms with Crippen LogP contribution in [0.25, 0.3) is 0 Å². The van der Waals surface area contributed by atoms with E-state index in [4.69, 9.17) is 44.3 Å². The van der Waals surface area contributed by atoms with Gasteiger partial charge in [-0.25, -0.2) is 4.79 Å². The molecule has 0 bridgehead atoms. The van der Waals surface area contributed by atoms with Crippen LogP contribution in [0.15, 0.2) is 10.6 Å². The van der Waals surface area contributed by atoms with Crippen LogP contribution in [0.5, 0.6) is 0 Å². The summed E-state index contributed by atoms with van der Waals surface area (Å²) in [6, 6.07) is 0. The Kier molecular flexibility index (Phi) is 7.30. The fourth-order valence-electron chi connectivity index (χ4n) is 0.860. The normalized spacial score (nSPS) is 13.1. The molecule has 0 fully saturated rings. The lowest BCUT2D eigenvalue weighted by Gasteiger charge is -2.19. The van der Waals surface area contributed by atoms with E-state index in [9.17, 15) is 4.79 Å². The number of halogens is 3. The molecule has 0 spiro atoms. The molecule has 0 N–H and O–H groups in total. The molecule has 0 rings (SSSR count). The van der Waals surface area contributed by atoms with Crippen molar-refractivity contribution in [2.75, 3.05) is 21.3 Å². The highest BCUT2D eigenvalue weighted by Gasteiger charge is 2.26. The summed E-state index contributed by atoms with van der Waals surface area (Å²) in [5.41, 5.74) is 0.108. The summed E-state index contributed by atoms with van der Waals surface area (Å²) in [5, 5.41) is -0.249. The third-order valence-electron chi connectivity index (χ3n) is 1.54. The molecule has 0 unspecified atom stereocenters. The number of hydrogen-bond donors (Lipinski definition) is 0. The SMILES string of the molecule is COC(=O)/C(Cl)=C(\C(Cl)Cl)C(OC)OC. The molecule has 0 aliphatic rings. The minimum absolute atomic E-state index is 0.108. The Hall–Kier alpha value is -0.0000000000000000416. The van der Waals surface area contributed by atoms with Gasteiger partial charge in [0.15, 0.2) is 6.29 Å². The summed E-state index contributed by atoms with van der Waals surface area (Å²) in [7, 11) is 3.92. The number of carbonyl (C=O) groups is 1. The molecule has 0 heterocycles. The van der Waals surface area contributed by atoms with Crippen molar-refractivity contribution in [3.05, 3.63) is 10.6 Å². The zero-order valence-corrected chi connectivity index (χ0v) is 10.7. The molecular weight excluding hydrogens is 266 g/mol. The molecule has 0 atom stereocenters. The van der Waals surface area contributed by atoms with E-state index in [-0.39, 0.29) is 10.6 Å². The maximum absolute atomic E-state index is 11.2. The van der Waals surface area contributed by atoms with E-state index in [1.165, 1.54) is 21.3 Å². The minimum Gasteiger partial charge on any atom is -0.465 e. The first kappa shape index (κ1) is 15.0. The smallest absolute Gasteiger partial charge is 0.349 e. The van der Waals surface area contributed by atoms with Gasteiger partial charge < -0.3 is 14.2 Å². The predicted octanol–water partition coefficient (Wildman–Crippen LogP) is 2.07. The molecule has 0 amide bonds. The molecule has 0 saturated carbocycles. The summed E-state index contributed by atoms with van der Waals surface area (Å²) in [4.78, 5) is 10.1.